The van der Waals surface area contributed by atoms with Gasteiger partial charge >= 0.3 is 0 Å². The van der Waals surface area contributed by atoms with Crippen LogP contribution in [0.3, 0.4) is 0 Å². The smallest absolute Gasteiger partial charge is 0.121 e. The molecule has 2 heteroatoms. The summed E-state index contributed by atoms with van der Waals surface area (Å²) in [5.74, 6) is 8.11. The van der Waals surface area contributed by atoms with Crippen LogP contribution in [0.25, 0.3) is 0 Å². The van der Waals surface area contributed by atoms with Crippen LogP contribution in [0, 0.1) is 25.7 Å². The van der Waals surface area contributed by atoms with Crippen molar-refractivity contribution in [2.75, 3.05) is 14.2 Å². The van der Waals surface area contributed by atoms with Crippen LogP contribution in [-0.4, -0.2) is 14.2 Å². The third kappa shape index (κ3) is 3.13. The van der Waals surface area contributed by atoms with Crippen LogP contribution in [0.15, 0.2) is 36.4 Å². The van der Waals surface area contributed by atoms with E-state index in [-0.39, 0.29) is 0 Å². The first-order valence-electron chi connectivity index (χ1n) is 6.45. The van der Waals surface area contributed by atoms with Gasteiger partial charge in [0, 0.05) is 11.1 Å². The highest BCUT2D eigenvalue weighted by Gasteiger charge is 1.99. The molecule has 20 heavy (non-hydrogen) atoms. The number of rotatable bonds is 2. The minimum Gasteiger partial charge on any atom is -0.496 e. The van der Waals surface area contributed by atoms with E-state index in [9.17, 15) is 0 Å². The third-order valence-electron chi connectivity index (χ3n) is 3.14. The predicted octanol–water partition coefficient (Wildman–Crippen LogP) is 3.72. The molecule has 102 valence electrons. The number of hydrogen-bond donors (Lipinski definition) is 0. The Labute approximate surface area is 120 Å². The molecule has 0 aromatic heterocycles. The summed E-state index contributed by atoms with van der Waals surface area (Å²) in [6, 6.07) is 11.9. The van der Waals surface area contributed by atoms with Crippen molar-refractivity contribution in [1.29, 1.82) is 0 Å². The van der Waals surface area contributed by atoms with Crippen LogP contribution in [0.2, 0.25) is 0 Å². The van der Waals surface area contributed by atoms with Gasteiger partial charge in [0.2, 0.25) is 0 Å². The Morgan fingerprint density at radius 2 is 1.10 bits per heavy atom. The molecule has 0 bridgehead atoms. The van der Waals surface area contributed by atoms with E-state index in [1.807, 2.05) is 50.2 Å². The van der Waals surface area contributed by atoms with Crippen LogP contribution < -0.4 is 9.47 Å². The monoisotopic (exact) mass is 266 g/mol. The average molecular weight is 266 g/mol. The lowest BCUT2D eigenvalue weighted by atomic mass is 10.1. The van der Waals surface area contributed by atoms with Gasteiger partial charge in [-0.2, -0.15) is 0 Å². The molecule has 2 aromatic rings. The first-order valence-corrected chi connectivity index (χ1v) is 6.45. The van der Waals surface area contributed by atoms with E-state index < -0.39 is 0 Å². The van der Waals surface area contributed by atoms with E-state index >= 15 is 0 Å². The van der Waals surface area contributed by atoms with E-state index in [1.165, 1.54) is 0 Å². The molecule has 0 heterocycles. The molecule has 0 radical (unpaired) electrons. The van der Waals surface area contributed by atoms with E-state index in [4.69, 9.17) is 9.47 Å². The minimum atomic E-state index is 0.885. The SMILES string of the molecule is COc1ccc(C#Cc2ccc(OC)c(C)c2)cc1C. The largest absolute Gasteiger partial charge is 0.496 e. The van der Waals surface area contributed by atoms with Crippen LogP contribution in [-0.2, 0) is 0 Å². The first-order chi connectivity index (χ1) is 9.63. The Bertz CT molecular complexity index is 618. The molecule has 2 aromatic carbocycles. The normalized spacial score (nSPS) is 9.60. The van der Waals surface area contributed by atoms with E-state index in [2.05, 4.69) is 11.8 Å². The summed E-state index contributed by atoms with van der Waals surface area (Å²) in [7, 11) is 3.35. The molecule has 2 nitrogen and oxygen atoms in total. The van der Waals surface area contributed by atoms with Crippen molar-refractivity contribution >= 4 is 0 Å². The van der Waals surface area contributed by atoms with Gasteiger partial charge in [-0.1, -0.05) is 11.8 Å². The van der Waals surface area contributed by atoms with Gasteiger partial charge in [0.1, 0.15) is 11.5 Å². The Kier molecular flexibility index (Phi) is 4.32. The molecule has 0 amide bonds. The minimum absolute atomic E-state index is 0.885. The second-order valence-electron chi connectivity index (χ2n) is 4.62. The molecule has 0 saturated carbocycles. The fourth-order valence-corrected chi connectivity index (χ4v) is 2.06. The standard InChI is InChI=1S/C18H18O2/c1-13-11-15(7-9-17(13)19-3)5-6-16-8-10-18(20-4)14(2)12-16/h7-12H,1-4H3. The van der Waals surface area contributed by atoms with Crippen LogP contribution in [0.1, 0.15) is 22.3 Å². The zero-order valence-electron chi connectivity index (χ0n) is 12.3. The molecule has 0 aliphatic heterocycles. The van der Waals surface area contributed by atoms with Crippen LogP contribution >= 0.6 is 0 Å². The van der Waals surface area contributed by atoms with Crippen LogP contribution in [0.4, 0.5) is 0 Å². The van der Waals surface area contributed by atoms with Crippen molar-refractivity contribution in [3.8, 4) is 23.3 Å². The molecule has 2 rings (SSSR count). The van der Waals surface area contributed by atoms with E-state index in [0.717, 1.165) is 33.8 Å². The van der Waals surface area contributed by atoms with Gasteiger partial charge in [0.25, 0.3) is 0 Å². The Balaban J connectivity index is 2.26. The number of benzene rings is 2. The third-order valence-corrected chi connectivity index (χ3v) is 3.14. The van der Waals surface area contributed by atoms with Crippen LogP contribution in [0.5, 0.6) is 11.5 Å². The summed E-state index contributed by atoms with van der Waals surface area (Å²) in [6.45, 7) is 4.03. The molecule has 0 N–H and O–H groups in total. The zero-order chi connectivity index (χ0) is 14.5. The van der Waals surface area contributed by atoms with Crippen molar-refractivity contribution in [3.05, 3.63) is 58.7 Å². The number of ether oxygens (including phenoxy) is 2. The Hall–Kier alpha value is -2.40. The summed E-state index contributed by atoms with van der Waals surface area (Å²) in [5, 5.41) is 0. The maximum absolute atomic E-state index is 5.24. The highest BCUT2D eigenvalue weighted by atomic mass is 16.5. The topological polar surface area (TPSA) is 18.5 Å². The maximum atomic E-state index is 5.24. The lowest BCUT2D eigenvalue weighted by molar-refractivity contribution is 0.411. The number of methoxy groups -OCH3 is 2. The lowest BCUT2D eigenvalue weighted by Gasteiger charge is -2.04. The predicted molar refractivity (Wildman–Crippen MR) is 81.4 cm³/mol. The second kappa shape index (κ2) is 6.16. The fourth-order valence-electron chi connectivity index (χ4n) is 2.06. The lowest BCUT2D eigenvalue weighted by Crippen LogP contribution is -1.88. The maximum Gasteiger partial charge on any atom is 0.121 e. The van der Waals surface area contributed by atoms with Crippen molar-refractivity contribution in [3.63, 3.8) is 0 Å². The van der Waals surface area contributed by atoms with Crippen molar-refractivity contribution in [1.82, 2.24) is 0 Å². The number of aryl methyl sites for hydroxylation is 2. The van der Waals surface area contributed by atoms with Gasteiger partial charge in [-0.3, -0.25) is 0 Å². The molecule has 0 aliphatic carbocycles. The summed E-state index contributed by atoms with van der Waals surface area (Å²) >= 11 is 0. The summed E-state index contributed by atoms with van der Waals surface area (Å²) in [4.78, 5) is 0. The first kappa shape index (κ1) is 14.0. The van der Waals surface area contributed by atoms with Crippen molar-refractivity contribution in [2.45, 2.75) is 13.8 Å². The van der Waals surface area contributed by atoms with Crippen molar-refractivity contribution in [2.24, 2.45) is 0 Å². The molecule has 0 spiro atoms. The fraction of sp³-hybridized carbons (Fsp3) is 0.222. The average Bonchev–Trinajstić information content (AvgIpc) is 2.45. The van der Waals surface area contributed by atoms with Crippen molar-refractivity contribution < 1.29 is 9.47 Å². The van der Waals surface area contributed by atoms with Gasteiger partial charge in [-0.25, -0.2) is 0 Å². The summed E-state index contributed by atoms with van der Waals surface area (Å²) < 4.78 is 10.5. The summed E-state index contributed by atoms with van der Waals surface area (Å²) in [5.41, 5.74) is 4.14. The van der Waals surface area contributed by atoms with Gasteiger partial charge in [-0.05, 0) is 61.4 Å². The zero-order valence-corrected chi connectivity index (χ0v) is 12.3. The van der Waals surface area contributed by atoms with Gasteiger partial charge in [0.15, 0.2) is 0 Å². The van der Waals surface area contributed by atoms with Gasteiger partial charge < -0.3 is 9.47 Å². The van der Waals surface area contributed by atoms with Gasteiger partial charge in [0.05, 0.1) is 14.2 Å². The quantitative estimate of drug-likeness (QED) is 0.771. The molecular weight excluding hydrogens is 248 g/mol. The highest BCUT2D eigenvalue weighted by Crippen LogP contribution is 2.19. The van der Waals surface area contributed by atoms with E-state index in [1.54, 1.807) is 14.2 Å². The molecule has 0 atom stereocenters. The molecule has 0 saturated heterocycles. The molecule has 0 fully saturated rings. The molecule has 0 unspecified atom stereocenters. The highest BCUT2D eigenvalue weighted by molar-refractivity contribution is 5.49. The Morgan fingerprint density at radius 3 is 1.40 bits per heavy atom. The number of hydrogen-bond acceptors (Lipinski definition) is 2. The molecular formula is C18H18O2. The molecule has 0 aliphatic rings. The Morgan fingerprint density at radius 1 is 0.700 bits per heavy atom. The summed E-state index contributed by atoms with van der Waals surface area (Å²) in [6.07, 6.45) is 0. The second-order valence-corrected chi connectivity index (χ2v) is 4.62. The van der Waals surface area contributed by atoms with Gasteiger partial charge in [-0.15, -0.1) is 0 Å². The van der Waals surface area contributed by atoms with E-state index in [0.29, 0.717) is 0 Å².